The van der Waals surface area contributed by atoms with Gasteiger partial charge in [-0.2, -0.15) is 0 Å². The van der Waals surface area contributed by atoms with Crippen LogP contribution in [0.2, 0.25) is 0 Å². The van der Waals surface area contributed by atoms with Gasteiger partial charge in [0.1, 0.15) is 4.75 Å². The van der Waals surface area contributed by atoms with Crippen molar-refractivity contribution in [3.8, 4) is 11.1 Å². The average Bonchev–Trinajstić information content (AvgIpc) is 3.46. The van der Waals surface area contributed by atoms with Crippen LogP contribution in [0.15, 0.2) is 53.9 Å². The summed E-state index contributed by atoms with van der Waals surface area (Å²) < 4.78 is 5.08. The molecule has 0 bridgehead atoms. The molecule has 0 saturated carbocycles. The summed E-state index contributed by atoms with van der Waals surface area (Å²) in [5.74, 6) is 0.220. The normalized spacial score (nSPS) is 27.2. The van der Waals surface area contributed by atoms with Gasteiger partial charge in [0, 0.05) is 57.5 Å². The van der Waals surface area contributed by atoms with Gasteiger partial charge < -0.3 is 9.64 Å². The first-order valence-corrected chi connectivity index (χ1v) is 18.0. The van der Waals surface area contributed by atoms with E-state index >= 15 is 0 Å². The number of ether oxygens (including phenoxy) is 1. The number of piperidine rings is 1. The number of aryl methyl sites for hydroxylation is 2. The predicted molar refractivity (Wildman–Crippen MR) is 188 cm³/mol. The summed E-state index contributed by atoms with van der Waals surface area (Å²) in [5.41, 5.74) is 6.86. The third-order valence-corrected chi connectivity index (χ3v) is 11.3. The summed E-state index contributed by atoms with van der Waals surface area (Å²) in [6, 6.07) is 18.2. The lowest BCUT2D eigenvalue weighted by molar-refractivity contribution is -0.137. The average molecular weight is 620 g/mol. The van der Waals surface area contributed by atoms with Gasteiger partial charge in [-0.1, -0.05) is 70.2 Å². The second-order valence-corrected chi connectivity index (χ2v) is 14.2. The molecule has 3 unspecified atom stereocenters. The second kappa shape index (κ2) is 15.4. The van der Waals surface area contributed by atoms with Crippen molar-refractivity contribution in [1.82, 2.24) is 14.7 Å². The number of amides is 1. The van der Waals surface area contributed by atoms with Crippen molar-refractivity contribution in [3.05, 3.63) is 70.6 Å². The molecule has 2 fully saturated rings. The van der Waals surface area contributed by atoms with E-state index in [1.165, 1.54) is 27.8 Å². The van der Waals surface area contributed by atoms with Crippen molar-refractivity contribution < 1.29 is 9.53 Å². The fraction of sp³-hybridized carbons (Fsp3) is 0.605. The number of piperazine rings is 1. The second-order valence-electron chi connectivity index (χ2n) is 12.9. The number of carbonyl (C=O) groups excluding carboxylic acids is 1. The molecule has 242 valence electrons. The molecule has 3 aliphatic rings. The number of hydrogen-bond acceptors (Lipinski definition) is 5. The highest BCUT2D eigenvalue weighted by molar-refractivity contribution is 8.04. The number of benzene rings is 2. The van der Waals surface area contributed by atoms with Crippen LogP contribution in [0.1, 0.15) is 91.0 Å². The molecule has 3 aliphatic heterocycles. The van der Waals surface area contributed by atoms with Gasteiger partial charge >= 0.3 is 0 Å². The Labute approximate surface area is 272 Å². The maximum Gasteiger partial charge on any atom is 0.241 e. The van der Waals surface area contributed by atoms with Crippen LogP contribution in [0, 0.1) is 0 Å². The number of hydrogen-bond donors (Lipinski definition) is 0. The van der Waals surface area contributed by atoms with Gasteiger partial charge in [-0.05, 0) is 92.7 Å². The predicted octanol–water partition coefficient (Wildman–Crippen LogP) is 7.99. The van der Waals surface area contributed by atoms with E-state index in [2.05, 4.69) is 91.8 Å². The van der Waals surface area contributed by atoms with Crippen LogP contribution in [0.5, 0.6) is 0 Å². The Morgan fingerprint density at radius 3 is 2.05 bits per heavy atom. The number of carbonyl (C=O) groups is 1. The fourth-order valence-corrected chi connectivity index (χ4v) is 8.67. The number of nitrogens with zero attached hydrogens (tertiary/aromatic N) is 3. The van der Waals surface area contributed by atoms with Gasteiger partial charge in [0.2, 0.25) is 5.91 Å². The van der Waals surface area contributed by atoms with Crippen LogP contribution in [0.25, 0.3) is 11.1 Å². The Morgan fingerprint density at radius 1 is 0.955 bits per heavy atom. The van der Waals surface area contributed by atoms with E-state index in [-0.39, 0.29) is 12.0 Å². The van der Waals surface area contributed by atoms with E-state index in [1.54, 1.807) is 18.9 Å². The van der Waals surface area contributed by atoms with Crippen molar-refractivity contribution in [2.75, 3.05) is 33.3 Å². The third kappa shape index (κ3) is 7.30. The molecule has 0 aliphatic carbocycles. The highest BCUT2D eigenvalue weighted by Crippen LogP contribution is 2.40. The highest BCUT2D eigenvalue weighted by atomic mass is 32.2. The minimum absolute atomic E-state index is 0.151. The van der Waals surface area contributed by atoms with E-state index in [1.807, 2.05) is 32.3 Å². The van der Waals surface area contributed by atoms with Gasteiger partial charge in [-0.3, -0.25) is 14.6 Å². The molecule has 5 rings (SSSR count). The molecule has 0 spiro atoms. The molecule has 2 aromatic carbocycles. The Bertz CT molecular complexity index is 1220. The molecular weight excluding hydrogens is 563 g/mol. The first kappa shape index (κ1) is 34.7. The molecule has 44 heavy (non-hydrogen) atoms. The molecule has 0 radical (unpaired) electrons. The van der Waals surface area contributed by atoms with Crippen molar-refractivity contribution in [1.29, 1.82) is 0 Å². The molecule has 0 N–H and O–H groups in total. The van der Waals surface area contributed by atoms with E-state index in [0.29, 0.717) is 24.2 Å². The first-order valence-electron chi connectivity index (χ1n) is 17.1. The van der Waals surface area contributed by atoms with Crippen molar-refractivity contribution in [2.45, 2.75) is 116 Å². The lowest BCUT2D eigenvalue weighted by atomic mass is 9.93. The number of likely N-dealkylation sites (tertiary alicyclic amines) is 1. The first-order chi connectivity index (χ1) is 21.2. The van der Waals surface area contributed by atoms with Crippen molar-refractivity contribution >= 4 is 17.7 Å². The van der Waals surface area contributed by atoms with Crippen LogP contribution in [-0.2, 0) is 22.4 Å². The minimum Gasteiger partial charge on any atom is -0.375 e. The summed E-state index contributed by atoms with van der Waals surface area (Å²) in [6.07, 6.45) is 6.10. The van der Waals surface area contributed by atoms with Crippen LogP contribution in [0.4, 0.5) is 0 Å². The lowest BCUT2D eigenvalue weighted by Crippen LogP contribution is -2.61. The van der Waals surface area contributed by atoms with E-state index in [0.717, 1.165) is 51.9 Å². The van der Waals surface area contributed by atoms with Gasteiger partial charge in [-0.15, -0.1) is 11.8 Å². The van der Waals surface area contributed by atoms with E-state index in [9.17, 15) is 4.79 Å². The molecule has 5 atom stereocenters. The van der Waals surface area contributed by atoms with Crippen LogP contribution in [-0.4, -0.2) is 82.9 Å². The summed E-state index contributed by atoms with van der Waals surface area (Å²) in [6.45, 7) is 21.5. The standard InChI is InChI=1S/C36H51N3O2S.C2H6/c1-8-28-20-29(9-2)22-32(21-28)31-12-10-30(11-13-31)27(5)39-25(3)23-38(24-26(39)4)33-14-17-37(18-15-33)35(40)36(6)34(41-7)16-19-42-36;1-2/h10-13,16,19-22,25-27,33-34H,8-9,14-15,17-18,23-24H2,1-7H3;1-2H3/t25-,26?,27+,34?,36?;/m1./s1. The monoisotopic (exact) mass is 619 g/mol. The summed E-state index contributed by atoms with van der Waals surface area (Å²) in [5, 5.41) is 2.02. The van der Waals surface area contributed by atoms with Crippen LogP contribution >= 0.6 is 11.8 Å². The molecule has 2 aromatic rings. The van der Waals surface area contributed by atoms with Crippen LogP contribution in [0.3, 0.4) is 0 Å². The largest absolute Gasteiger partial charge is 0.375 e. The Hall–Kier alpha value is -2.12. The summed E-state index contributed by atoms with van der Waals surface area (Å²) in [4.78, 5) is 21.0. The van der Waals surface area contributed by atoms with E-state index < -0.39 is 4.75 Å². The maximum atomic E-state index is 13.5. The molecule has 0 aromatic heterocycles. The van der Waals surface area contributed by atoms with E-state index in [4.69, 9.17) is 4.74 Å². The zero-order valence-electron chi connectivity index (χ0n) is 28.8. The molecule has 6 heteroatoms. The molecule has 1 amide bonds. The van der Waals surface area contributed by atoms with Crippen molar-refractivity contribution in [3.63, 3.8) is 0 Å². The fourth-order valence-electron chi connectivity index (χ4n) is 7.63. The molecule has 3 heterocycles. The molecule has 5 nitrogen and oxygen atoms in total. The number of rotatable bonds is 8. The Balaban J connectivity index is 0.00000216. The smallest absolute Gasteiger partial charge is 0.241 e. The summed E-state index contributed by atoms with van der Waals surface area (Å²) >= 11 is 1.60. The Morgan fingerprint density at radius 2 is 1.52 bits per heavy atom. The number of methoxy groups -OCH3 is 1. The zero-order chi connectivity index (χ0) is 32.0. The van der Waals surface area contributed by atoms with Gasteiger partial charge in [-0.25, -0.2) is 0 Å². The highest BCUT2D eigenvalue weighted by Gasteiger charge is 2.47. The third-order valence-electron chi connectivity index (χ3n) is 10.1. The quantitative estimate of drug-likeness (QED) is 0.299. The SMILES string of the molecule is CC.CCc1cc(CC)cc(-c2ccc([C@H](C)N3C(C)CN(C4CCN(C(=O)C5(C)SC=CC5OC)CC4)C[C@H]3C)cc2)c1. The topological polar surface area (TPSA) is 36.0 Å². The molecule has 2 saturated heterocycles. The van der Waals surface area contributed by atoms with Gasteiger partial charge in [0.15, 0.2) is 0 Å². The summed E-state index contributed by atoms with van der Waals surface area (Å²) in [7, 11) is 1.70. The van der Waals surface area contributed by atoms with Gasteiger partial charge in [0.25, 0.3) is 0 Å². The Kier molecular flexibility index (Phi) is 12.2. The van der Waals surface area contributed by atoms with Gasteiger partial charge in [0.05, 0.1) is 6.10 Å². The lowest BCUT2D eigenvalue weighted by Gasteiger charge is -2.51. The number of thioether (sulfide) groups is 1. The van der Waals surface area contributed by atoms with Crippen LogP contribution < -0.4 is 0 Å². The molecular formula is C38H57N3O2S. The minimum atomic E-state index is -0.539. The van der Waals surface area contributed by atoms with Crippen molar-refractivity contribution in [2.24, 2.45) is 0 Å². The zero-order valence-corrected chi connectivity index (χ0v) is 29.6. The maximum absolute atomic E-state index is 13.5.